The van der Waals surface area contributed by atoms with Crippen molar-refractivity contribution in [1.29, 1.82) is 0 Å². The van der Waals surface area contributed by atoms with Gasteiger partial charge in [-0.2, -0.15) is 0 Å². The van der Waals surface area contributed by atoms with Gasteiger partial charge in [0.15, 0.2) is 0 Å². The molecule has 0 saturated carbocycles. The van der Waals surface area contributed by atoms with Crippen molar-refractivity contribution in [2.45, 2.75) is 13.2 Å². The molecule has 2 heterocycles. The Morgan fingerprint density at radius 2 is 1.73 bits per heavy atom. The Labute approximate surface area is 185 Å². The van der Waals surface area contributed by atoms with Gasteiger partial charge in [-0.3, -0.25) is 14.7 Å². The third-order valence-corrected chi connectivity index (χ3v) is 5.71. The van der Waals surface area contributed by atoms with Crippen LogP contribution in [0.4, 0.5) is 0 Å². The summed E-state index contributed by atoms with van der Waals surface area (Å²) in [5.74, 6) is 0.890. The first-order chi connectivity index (χ1) is 14.7. The van der Waals surface area contributed by atoms with Crippen LogP contribution in [0.15, 0.2) is 77.5 Å². The number of hydrogen-bond donors (Lipinski definition) is 0. The molecule has 1 aromatic heterocycles. The van der Waals surface area contributed by atoms with Gasteiger partial charge in [0.25, 0.3) is 5.91 Å². The minimum absolute atomic E-state index is 0.0847. The summed E-state index contributed by atoms with van der Waals surface area (Å²) in [4.78, 5) is 21.5. The van der Waals surface area contributed by atoms with E-state index in [4.69, 9.17) is 4.74 Å². The molecule has 0 unspecified atom stereocenters. The lowest BCUT2D eigenvalue weighted by molar-refractivity contribution is 0.0628. The van der Waals surface area contributed by atoms with Crippen molar-refractivity contribution in [3.8, 4) is 5.75 Å². The molecule has 0 aliphatic carbocycles. The average molecular weight is 466 g/mol. The van der Waals surface area contributed by atoms with Crippen LogP contribution in [0.5, 0.6) is 5.75 Å². The number of benzene rings is 2. The van der Waals surface area contributed by atoms with E-state index in [0.29, 0.717) is 12.2 Å². The van der Waals surface area contributed by atoms with Crippen LogP contribution in [0.3, 0.4) is 0 Å². The van der Waals surface area contributed by atoms with E-state index in [0.717, 1.165) is 48.5 Å². The van der Waals surface area contributed by atoms with Crippen molar-refractivity contribution in [3.05, 3.63) is 94.2 Å². The molecule has 3 aromatic rings. The zero-order chi connectivity index (χ0) is 20.8. The third kappa shape index (κ3) is 5.46. The van der Waals surface area contributed by atoms with Gasteiger partial charge < -0.3 is 9.64 Å². The molecule has 0 radical (unpaired) electrons. The fraction of sp³-hybridized carbons (Fsp3) is 0.250. The largest absolute Gasteiger partial charge is 0.489 e. The second kappa shape index (κ2) is 9.87. The predicted octanol–water partition coefficient (Wildman–Crippen LogP) is 4.38. The fourth-order valence-electron chi connectivity index (χ4n) is 3.53. The first-order valence-electron chi connectivity index (χ1n) is 10.1. The number of piperazine rings is 1. The van der Waals surface area contributed by atoms with E-state index in [-0.39, 0.29) is 5.91 Å². The number of halogens is 1. The highest BCUT2D eigenvalue weighted by Crippen LogP contribution is 2.18. The molecule has 0 bridgehead atoms. The summed E-state index contributed by atoms with van der Waals surface area (Å²) in [6.07, 6.45) is 3.69. The lowest BCUT2D eigenvalue weighted by Gasteiger charge is -2.34. The Bertz CT molecular complexity index is 971. The van der Waals surface area contributed by atoms with Gasteiger partial charge in [-0.1, -0.05) is 34.1 Å². The SMILES string of the molecule is O=C(c1cccc(COc2ccc(Br)cc2)c1)N1CCN(Cc2cccnc2)CC1. The van der Waals surface area contributed by atoms with Gasteiger partial charge >= 0.3 is 0 Å². The highest BCUT2D eigenvalue weighted by Gasteiger charge is 2.22. The average Bonchev–Trinajstić information content (AvgIpc) is 2.80. The molecule has 0 atom stereocenters. The van der Waals surface area contributed by atoms with Crippen molar-refractivity contribution >= 4 is 21.8 Å². The van der Waals surface area contributed by atoms with Crippen LogP contribution in [0.1, 0.15) is 21.5 Å². The summed E-state index contributed by atoms with van der Waals surface area (Å²) < 4.78 is 6.86. The molecule has 0 spiro atoms. The topological polar surface area (TPSA) is 45.7 Å². The second-order valence-electron chi connectivity index (χ2n) is 7.37. The van der Waals surface area contributed by atoms with E-state index in [1.807, 2.05) is 65.7 Å². The fourth-order valence-corrected chi connectivity index (χ4v) is 3.80. The van der Waals surface area contributed by atoms with Crippen LogP contribution < -0.4 is 4.74 Å². The van der Waals surface area contributed by atoms with Crippen molar-refractivity contribution in [2.75, 3.05) is 26.2 Å². The molecular weight excluding hydrogens is 442 g/mol. The Hall–Kier alpha value is -2.70. The quantitative estimate of drug-likeness (QED) is 0.541. The second-order valence-corrected chi connectivity index (χ2v) is 8.29. The Kier molecular flexibility index (Phi) is 6.77. The maximum absolute atomic E-state index is 13.0. The summed E-state index contributed by atoms with van der Waals surface area (Å²) in [5, 5.41) is 0. The van der Waals surface area contributed by atoms with Crippen LogP contribution in [0.2, 0.25) is 0 Å². The van der Waals surface area contributed by atoms with Gasteiger partial charge in [0.05, 0.1) is 0 Å². The number of carbonyl (C=O) groups excluding carboxylic acids is 1. The van der Waals surface area contributed by atoms with E-state index < -0.39 is 0 Å². The number of aromatic nitrogens is 1. The summed E-state index contributed by atoms with van der Waals surface area (Å²) in [6.45, 7) is 4.51. The van der Waals surface area contributed by atoms with Gasteiger partial charge in [-0.15, -0.1) is 0 Å². The molecule has 1 aliphatic rings. The maximum atomic E-state index is 13.0. The Morgan fingerprint density at radius 1 is 0.967 bits per heavy atom. The number of rotatable bonds is 6. The van der Waals surface area contributed by atoms with Gasteiger partial charge in [0, 0.05) is 55.2 Å². The van der Waals surface area contributed by atoms with E-state index >= 15 is 0 Å². The first kappa shape index (κ1) is 20.6. The summed E-state index contributed by atoms with van der Waals surface area (Å²) in [7, 11) is 0. The molecule has 5 nitrogen and oxygen atoms in total. The highest BCUT2D eigenvalue weighted by atomic mass is 79.9. The van der Waals surface area contributed by atoms with Crippen LogP contribution >= 0.6 is 15.9 Å². The molecule has 1 aliphatic heterocycles. The number of amides is 1. The minimum atomic E-state index is 0.0847. The molecule has 1 saturated heterocycles. The Morgan fingerprint density at radius 3 is 2.47 bits per heavy atom. The van der Waals surface area contributed by atoms with Gasteiger partial charge in [0.2, 0.25) is 0 Å². The van der Waals surface area contributed by atoms with Gasteiger partial charge in [0.1, 0.15) is 12.4 Å². The number of pyridine rings is 1. The summed E-state index contributed by atoms with van der Waals surface area (Å²) in [6, 6.07) is 19.5. The van der Waals surface area contributed by atoms with Crippen LogP contribution in [-0.4, -0.2) is 46.9 Å². The van der Waals surface area contributed by atoms with Crippen molar-refractivity contribution in [3.63, 3.8) is 0 Å². The molecule has 0 N–H and O–H groups in total. The van der Waals surface area contributed by atoms with E-state index in [1.54, 1.807) is 6.20 Å². The third-order valence-electron chi connectivity index (χ3n) is 5.18. The van der Waals surface area contributed by atoms with Crippen molar-refractivity contribution < 1.29 is 9.53 Å². The summed E-state index contributed by atoms with van der Waals surface area (Å²) in [5.41, 5.74) is 2.90. The lowest BCUT2D eigenvalue weighted by Crippen LogP contribution is -2.48. The number of hydrogen-bond acceptors (Lipinski definition) is 4. The minimum Gasteiger partial charge on any atom is -0.489 e. The van der Waals surface area contributed by atoms with Crippen molar-refractivity contribution in [1.82, 2.24) is 14.8 Å². The zero-order valence-corrected chi connectivity index (χ0v) is 18.3. The number of carbonyl (C=O) groups is 1. The van der Waals surface area contributed by atoms with Crippen LogP contribution in [0.25, 0.3) is 0 Å². The molecule has 6 heteroatoms. The van der Waals surface area contributed by atoms with E-state index in [1.165, 1.54) is 5.56 Å². The monoisotopic (exact) mass is 465 g/mol. The zero-order valence-electron chi connectivity index (χ0n) is 16.7. The molecule has 1 fully saturated rings. The van der Waals surface area contributed by atoms with Crippen LogP contribution in [0, 0.1) is 0 Å². The molecule has 30 heavy (non-hydrogen) atoms. The van der Waals surface area contributed by atoms with Crippen LogP contribution in [-0.2, 0) is 13.2 Å². The molecule has 154 valence electrons. The lowest BCUT2D eigenvalue weighted by atomic mass is 10.1. The smallest absolute Gasteiger partial charge is 0.253 e. The maximum Gasteiger partial charge on any atom is 0.253 e. The van der Waals surface area contributed by atoms with Gasteiger partial charge in [-0.25, -0.2) is 0 Å². The molecule has 4 rings (SSSR count). The van der Waals surface area contributed by atoms with Crippen molar-refractivity contribution in [2.24, 2.45) is 0 Å². The molecular formula is C24H24BrN3O2. The van der Waals surface area contributed by atoms with E-state index in [2.05, 4.69) is 31.9 Å². The molecule has 2 aromatic carbocycles. The first-order valence-corrected chi connectivity index (χ1v) is 10.8. The normalized spacial score (nSPS) is 14.5. The Balaban J connectivity index is 1.31. The standard InChI is InChI=1S/C24H24BrN3O2/c25-22-6-8-23(9-7-22)30-18-19-3-1-5-21(15-19)24(29)28-13-11-27(12-14-28)17-20-4-2-10-26-16-20/h1-10,15-16H,11-14,17-18H2. The molecule has 1 amide bonds. The predicted molar refractivity (Wildman–Crippen MR) is 120 cm³/mol. The number of nitrogens with zero attached hydrogens (tertiary/aromatic N) is 3. The number of ether oxygens (including phenoxy) is 1. The van der Waals surface area contributed by atoms with E-state index in [9.17, 15) is 4.79 Å². The van der Waals surface area contributed by atoms with Gasteiger partial charge in [-0.05, 0) is 53.6 Å². The highest BCUT2D eigenvalue weighted by molar-refractivity contribution is 9.10. The summed E-state index contributed by atoms with van der Waals surface area (Å²) >= 11 is 3.42.